The van der Waals surface area contributed by atoms with Gasteiger partial charge in [-0.15, -0.1) is 0 Å². The van der Waals surface area contributed by atoms with Gasteiger partial charge in [-0.1, -0.05) is 24.3 Å². The number of pyridine rings is 1. The van der Waals surface area contributed by atoms with Crippen molar-refractivity contribution in [3.8, 4) is 28.8 Å². The first-order valence-electron chi connectivity index (χ1n) is 13.3. The van der Waals surface area contributed by atoms with Crippen LogP contribution in [-0.2, 0) is 4.79 Å². The van der Waals surface area contributed by atoms with Crippen LogP contribution in [0.1, 0.15) is 30.9 Å². The number of allylic oxidation sites excluding steroid dienone is 2. The summed E-state index contributed by atoms with van der Waals surface area (Å²) in [5.41, 5.74) is 10.7. The second kappa shape index (κ2) is 12.0. The third-order valence-corrected chi connectivity index (χ3v) is 7.03. The summed E-state index contributed by atoms with van der Waals surface area (Å²) in [6, 6.07) is 16.0. The minimum atomic E-state index is -0.633. The molecule has 3 heterocycles. The van der Waals surface area contributed by atoms with Crippen molar-refractivity contribution in [3.63, 3.8) is 0 Å². The Bertz CT molecular complexity index is 1600. The number of rotatable bonds is 6. The number of nitrogens with zero attached hydrogens (tertiary/aromatic N) is 4. The minimum absolute atomic E-state index is 0.0515. The molecule has 0 fully saturated rings. The van der Waals surface area contributed by atoms with Gasteiger partial charge in [-0.05, 0) is 61.7 Å². The van der Waals surface area contributed by atoms with Gasteiger partial charge in [-0.3, -0.25) is 4.79 Å². The molecule has 3 aromatic rings. The van der Waals surface area contributed by atoms with Crippen LogP contribution < -0.4 is 20.1 Å². The molecule has 2 aliphatic rings. The summed E-state index contributed by atoms with van der Waals surface area (Å²) in [5, 5.41) is 9.23. The molecule has 0 saturated heterocycles. The molecule has 2 aliphatic heterocycles. The quantitative estimate of drug-likeness (QED) is 0.324. The molecule has 41 heavy (non-hydrogen) atoms. The van der Waals surface area contributed by atoms with Crippen molar-refractivity contribution in [2.45, 2.75) is 19.8 Å². The smallest absolute Gasteiger partial charge is 0.257 e. The first-order valence-corrected chi connectivity index (χ1v) is 13.3. The fourth-order valence-electron chi connectivity index (χ4n) is 4.77. The lowest BCUT2D eigenvalue weighted by Crippen LogP contribution is -2.32. The molecule has 2 N–H and O–H groups in total. The maximum absolute atomic E-state index is 14.7. The van der Waals surface area contributed by atoms with Gasteiger partial charge >= 0.3 is 0 Å². The molecular weight excluding hydrogens is 521 g/mol. The van der Waals surface area contributed by atoms with E-state index in [4.69, 9.17) is 15.2 Å². The lowest BCUT2D eigenvalue weighted by atomic mass is 10.0. The van der Waals surface area contributed by atoms with Crippen LogP contribution in [0.15, 0.2) is 84.3 Å². The van der Waals surface area contributed by atoms with Crippen LogP contribution in [-0.4, -0.2) is 42.6 Å². The first kappa shape index (κ1) is 27.5. The zero-order chi connectivity index (χ0) is 28.9. The largest absolute Gasteiger partial charge is 0.484 e. The van der Waals surface area contributed by atoms with Crippen LogP contribution in [0.5, 0.6) is 11.6 Å². The summed E-state index contributed by atoms with van der Waals surface area (Å²) in [6.45, 7) is 3.30. The van der Waals surface area contributed by atoms with E-state index in [0.717, 1.165) is 29.7 Å². The fraction of sp³-hybridized carbons (Fsp3) is 0.219. The summed E-state index contributed by atoms with van der Waals surface area (Å²) < 4.78 is 25.9. The molecule has 9 heteroatoms. The average Bonchev–Trinajstić information content (AvgIpc) is 3.01. The molecule has 0 unspecified atom stereocenters. The maximum atomic E-state index is 14.7. The molecular formula is C32H30FN5O3. The Morgan fingerprint density at radius 1 is 1.15 bits per heavy atom. The molecule has 1 aromatic heterocycles. The molecule has 0 spiro atoms. The number of nitriles is 1. The standard InChI is InChI=1S/C32H30FN5O3/c1-3-21(32(39)38-12-4-5-26(35)20-38)16-29(23-6-7-24(18-34)28(33)15-23)37(2)27-10-8-22(9-11-27)25-17-30-31(36-19-25)41-14-13-40-30/h3,6-11,15-17,19-20H,4-5,12-14,35H2,1-2H3/b21-3+,29-16-. The Hall–Kier alpha value is -5.10. The number of carbonyl (C=O) groups is 1. The number of carbonyl (C=O) groups excluding carboxylic acids is 1. The van der Waals surface area contributed by atoms with E-state index in [1.807, 2.05) is 48.3 Å². The molecule has 1 amide bonds. The Morgan fingerprint density at radius 2 is 1.93 bits per heavy atom. The van der Waals surface area contributed by atoms with Crippen LogP contribution >= 0.6 is 0 Å². The monoisotopic (exact) mass is 551 g/mol. The van der Waals surface area contributed by atoms with E-state index < -0.39 is 5.82 Å². The summed E-state index contributed by atoms with van der Waals surface area (Å²) in [6.07, 6.45) is 8.42. The van der Waals surface area contributed by atoms with E-state index >= 15 is 0 Å². The number of aromatic nitrogens is 1. The number of benzene rings is 2. The topological polar surface area (TPSA) is 105 Å². The average molecular weight is 552 g/mol. The number of anilines is 1. The van der Waals surface area contributed by atoms with Gasteiger partial charge in [0.2, 0.25) is 0 Å². The second-order valence-electron chi connectivity index (χ2n) is 9.72. The van der Waals surface area contributed by atoms with Crippen molar-refractivity contribution in [2.24, 2.45) is 5.73 Å². The molecule has 2 aromatic carbocycles. The van der Waals surface area contributed by atoms with E-state index in [-0.39, 0.29) is 11.5 Å². The van der Waals surface area contributed by atoms with Crippen molar-refractivity contribution in [3.05, 3.63) is 101 Å². The van der Waals surface area contributed by atoms with Crippen molar-refractivity contribution in [2.75, 3.05) is 31.7 Å². The van der Waals surface area contributed by atoms with Crippen molar-refractivity contribution >= 4 is 17.3 Å². The van der Waals surface area contributed by atoms with Crippen LogP contribution in [0.25, 0.3) is 16.8 Å². The van der Waals surface area contributed by atoms with Crippen molar-refractivity contribution < 1.29 is 18.7 Å². The van der Waals surface area contributed by atoms with Gasteiger partial charge in [0.15, 0.2) is 5.75 Å². The molecule has 0 radical (unpaired) electrons. The third-order valence-electron chi connectivity index (χ3n) is 7.03. The Balaban J connectivity index is 1.50. The lowest BCUT2D eigenvalue weighted by Gasteiger charge is -2.26. The zero-order valence-electron chi connectivity index (χ0n) is 22.9. The predicted octanol–water partition coefficient (Wildman–Crippen LogP) is 5.38. The highest BCUT2D eigenvalue weighted by molar-refractivity contribution is 6.00. The molecule has 5 rings (SSSR count). The normalized spacial score (nSPS) is 15.2. The molecule has 0 saturated carbocycles. The third kappa shape index (κ3) is 5.92. The molecule has 0 bridgehead atoms. The summed E-state index contributed by atoms with van der Waals surface area (Å²) in [4.78, 5) is 21.3. The van der Waals surface area contributed by atoms with E-state index in [9.17, 15) is 14.4 Å². The van der Waals surface area contributed by atoms with E-state index in [2.05, 4.69) is 4.98 Å². The van der Waals surface area contributed by atoms with Gasteiger partial charge in [-0.25, -0.2) is 9.37 Å². The number of fused-ring (bicyclic) bond motifs is 1. The number of ether oxygens (including phenoxy) is 2. The van der Waals surface area contributed by atoms with Gasteiger partial charge in [0.25, 0.3) is 11.8 Å². The molecule has 0 aliphatic carbocycles. The summed E-state index contributed by atoms with van der Waals surface area (Å²) in [5.74, 6) is 0.261. The van der Waals surface area contributed by atoms with Gasteiger partial charge in [-0.2, -0.15) is 5.26 Å². The van der Waals surface area contributed by atoms with Crippen LogP contribution in [0.3, 0.4) is 0 Å². The van der Waals surface area contributed by atoms with Gasteiger partial charge in [0.1, 0.15) is 25.1 Å². The van der Waals surface area contributed by atoms with Crippen LogP contribution in [0.2, 0.25) is 0 Å². The van der Waals surface area contributed by atoms with Gasteiger partial charge in [0, 0.05) is 59.8 Å². The summed E-state index contributed by atoms with van der Waals surface area (Å²) >= 11 is 0. The predicted molar refractivity (Wildman–Crippen MR) is 155 cm³/mol. The molecule has 0 atom stereocenters. The van der Waals surface area contributed by atoms with Crippen molar-refractivity contribution in [1.29, 1.82) is 5.26 Å². The number of amides is 1. The Kier molecular flexibility index (Phi) is 8.01. The molecule has 208 valence electrons. The lowest BCUT2D eigenvalue weighted by molar-refractivity contribution is -0.124. The maximum Gasteiger partial charge on any atom is 0.257 e. The number of halogens is 1. The van der Waals surface area contributed by atoms with E-state index in [0.29, 0.717) is 53.9 Å². The van der Waals surface area contributed by atoms with E-state index in [1.54, 1.807) is 42.4 Å². The van der Waals surface area contributed by atoms with Crippen LogP contribution in [0.4, 0.5) is 10.1 Å². The Morgan fingerprint density at radius 3 is 2.63 bits per heavy atom. The summed E-state index contributed by atoms with van der Waals surface area (Å²) in [7, 11) is 1.85. The highest BCUT2D eigenvalue weighted by Gasteiger charge is 2.21. The number of hydrogen-bond acceptors (Lipinski definition) is 7. The number of nitrogens with two attached hydrogens (primary N) is 1. The molecule has 8 nitrogen and oxygen atoms in total. The van der Waals surface area contributed by atoms with Crippen LogP contribution in [0, 0.1) is 17.1 Å². The van der Waals surface area contributed by atoms with Crippen molar-refractivity contribution in [1.82, 2.24) is 9.88 Å². The highest BCUT2D eigenvalue weighted by Crippen LogP contribution is 2.34. The Labute approximate surface area is 238 Å². The van der Waals surface area contributed by atoms with Gasteiger partial charge in [0.05, 0.1) is 5.56 Å². The first-order chi connectivity index (χ1) is 19.9. The number of hydrogen-bond donors (Lipinski definition) is 1. The fourth-order valence-corrected chi connectivity index (χ4v) is 4.77. The van der Waals surface area contributed by atoms with E-state index in [1.165, 1.54) is 12.1 Å². The minimum Gasteiger partial charge on any atom is -0.484 e. The second-order valence-corrected chi connectivity index (χ2v) is 9.72. The van der Waals surface area contributed by atoms with Gasteiger partial charge < -0.3 is 25.0 Å². The SMILES string of the molecule is C/C=C(\C=C(\c1ccc(C#N)c(F)c1)N(C)c1ccc(-c2cnc3c(c2)OCCO3)cc1)C(=O)N1C=C(N)CCC1. The zero-order valence-corrected chi connectivity index (χ0v) is 22.9. The highest BCUT2D eigenvalue weighted by atomic mass is 19.1.